The lowest BCUT2D eigenvalue weighted by atomic mass is 10.2. The number of hydrogen-bond acceptors (Lipinski definition) is 5. The van der Waals surface area contributed by atoms with Crippen LogP contribution in [0.25, 0.3) is 11.3 Å². The molecule has 0 aliphatic carbocycles. The summed E-state index contributed by atoms with van der Waals surface area (Å²) in [6.45, 7) is 0.773. The Bertz CT molecular complexity index is 772. The van der Waals surface area contributed by atoms with Gasteiger partial charge in [-0.1, -0.05) is 18.2 Å². The molecule has 0 saturated heterocycles. The molecule has 0 fully saturated rings. The average molecular weight is 314 g/mol. The molecule has 23 heavy (non-hydrogen) atoms. The van der Waals surface area contributed by atoms with Crippen molar-refractivity contribution in [1.29, 1.82) is 0 Å². The zero-order chi connectivity index (χ0) is 16.3. The molecule has 0 aliphatic rings. The van der Waals surface area contributed by atoms with Crippen LogP contribution in [0.15, 0.2) is 54.9 Å². The molecule has 2 heterocycles. The molecule has 3 aromatic rings. The van der Waals surface area contributed by atoms with Crippen molar-refractivity contribution in [2.75, 3.05) is 0 Å². The van der Waals surface area contributed by atoms with Crippen LogP contribution in [0, 0.1) is 0 Å². The van der Waals surface area contributed by atoms with Crippen LogP contribution in [0.5, 0.6) is 11.8 Å². The standard InChI is InChI=1S/C16H12F2N4O/c1-16(17,18)14-8-7-13(21-22-14)11-9-19-15(20-10-11)23-12-5-3-2-4-6-12/h2-10H,1H3. The van der Waals surface area contributed by atoms with E-state index in [1.165, 1.54) is 24.5 Å². The highest BCUT2D eigenvalue weighted by Crippen LogP contribution is 2.26. The Morgan fingerprint density at radius 2 is 1.61 bits per heavy atom. The van der Waals surface area contributed by atoms with Gasteiger partial charge in [-0.2, -0.15) is 8.78 Å². The monoisotopic (exact) mass is 314 g/mol. The summed E-state index contributed by atoms with van der Waals surface area (Å²) in [7, 11) is 0. The molecule has 0 saturated carbocycles. The van der Waals surface area contributed by atoms with Crippen LogP contribution in [0.1, 0.15) is 12.6 Å². The van der Waals surface area contributed by atoms with E-state index in [9.17, 15) is 8.78 Å². The third-order valence-corrected chi connectivity index (χ3v) is 2.99. The molecule has 0 unspecified atom stereocenters. The Hall–Kier alpha value is -2.96. The van der Waals surface area contributed by atoms with E-state index in [1.54, 1.807) is 12.1 Å². The lowest BCUT2D eigenvalue weighted by molar-refractivity contribution is 0.0119. The largest absolute Gasteiger partial charge is 0.424 e. The van der Waals surface area contributed by atoms with Crippen LogP contribution >= 0.6 is 0 Å². The zero-order valence-corrected chi connectivity index (χ0v) is 12.1. The fourth-order valence-corrected chi connectivity index (χ4v) is 1.82. The van der Waals surface area contributed by atoms with Gasteiger partial charge >= 0.3 is 6.01 Å². The van der Waals surface area contributed by atoms with Crippen LogP contribution in [0.3, 0.4) is 0 Å². The van der Waals surface area contributed by atoms with Gasteiger partial charge in [0.15, 0.2) is 0 Å². The van der Waals surface area contributed by atoms with Crippen LogP contribution in [-0.2, 0) is 5.92 Å². The molecular formula is C16H12F2N4O. The maximum atomic E-state index is 13.1. The van der Waals surface area contributed by atoms with Crippen molar-refractivity contribution in [3.8, 4) is 23.0 Å². The summed E-state index contributed by atoms with van der Waals surface area (Å²) in [4.78, 5) is 8.14. The number of rotatable bonds is 4. The first-order chi connectivity index (χ1) is 11.0. The SMILES string of the molecule is CC(F)(F)c1ccc(-c2cnc(Oc3ccccc3)nc2)nn1. The van der Waals surface area contributed by atoms with Gasteiger partial charge in [-0.25, -0.2) is 9.97 Å². The fraction of sp³-hybridized carbons (Fsp3) is 0.125. The molecule has 5 nitrogen and oxygen atoms in total. The molecule has 7 heteroatoms. The smallest absolute Gasteiger partial charge is 0.321 e. The summed E-state index contributed by atoms with van der Waals surface area (Å²) in [5.41, 5.74) is 0.583. The van der Waals surface area contributed by atoms with E-state index in [0.717, 1.165) is 6.92 Å². The van der Waals surface area contributed by atoms with Gasteiger partial charge in [0.25, 0.3) is 5.92 Å². The van der Waals surface area contributed by atoms with E-state index < -0.39 is 5.92 Å². The first-order valence-corrected chi connectivity index (χ1v) is 6.80. The zero-order valence-electron chi connectivity index (χ0n) is 12.1. The van der Waals surface area contributed by atoms with Crippen molar-refractivity contribution >= 4 is 0 Å². The normalized spacial score (nSPS) is 11.3. The van der Waals surface area contributed by atoms with Crippen LogP contribution < -0.4 is 4.74 Å². The first kappa shape index (κ1) is 15.0. The number of ether oxygens (including phenoxy) is 1. The number of nitrogens with zero attached hydrogens (tertiary/aromatic N) is 4. The molecule has 0 N–H and O–H groups in total. The van der Waals surface area contributed by atoms with Gasteiger partial charge in [-0.15, -0.1) is 10.2 Å². The van der Waals surface area contributed by atoms with Gasteiger partial charge in [-0.05, 0) is 24.3 Å². The third kappa shape index (κ3) is 3.63. The maximum Gasteiger partial charge on any atom is 0.321 e. The molecule has 3 rings (SSSR count). The quantitative estimate of drug-likeness (QED) is 0.732. The first-order valence-electron chi connectivity index (χ1n) is 6.80. The molecule has 0 spiro atoms. The summed E-state index contributed by atoms with van der Waals surface area (Å²) >= 11 is 0. The van der Waals surface area contributed by atoms with E-state index in [4.69, 9.17) is 4.74 Å². The third-order valence-electron chi connectivity index (χ3n) is 2.99. The molecule has 0 amide bonds. The van der Waals surface area contributed by atoms with Gasteiger partial charge in [0.05, 0.1) is 5.69 Å². The Morgan fingerprint density at radius 3 is 2.17 bits per heavy atom. The molecule has 0 aliphatic heterocycles. The van der Waals surface area contributed by atoms with Gasteiger partial charge in [0, 0.05) is 24.9 Å². The number of aromatic nitrogens is 4. The van der Waals surface area contributed by atoms with Crippen molar-refractivity contribution in [3.63, 3.8) is 0 Å². The second kappa shape index (κ2) is 6.04. The van der Waals surface area contributed by atoms with E-state index >= 15 is 0 Å². The minimum Gasteiger partial charge on any atom is -0.424 e. The van der Waals surface area contributed by atoms with Crippen molar-refractivity contribution in [3.05, 3.63) is 60.6 Å². The van der Waals surface area contributed by atoms with E-state index in [-0.39, 0.29) is 11.7 Å². The highest BCUT2D eigenvalue weighted by Gasteiger charge is 2.26. The van der Waals surface area contributed by atoms with E-state index in [2.05, 4.69) is 20.2 Å². The average Bonchev–Trinajstić information content (AvgIpc) is 2.56. The number of hydrogen-bond donors (Lipinski definition) is 0. The molecule has 1 aromatic carbocycles. The molecule has 0 radical (unpaired) electrons. The Kier molecular flexibility index (Phi) is 3.92. The van der Waals surface area contributed by atoms with Gasteiger partial charge < -0.3 is 4.74 Å². The van der Waals surface area contributed by atoms with Gasteiger partial charge in [0.1, 0.15) is 11.4 Å². The van der Waals surface area contributed by atoms with E-state index in [0.29, 0.717) is 17.0 Å². The van der Waals surface area contributed by atoms with Crippen LogP contribution in [0.4, 0.5) is 8.78 Å². The number of para-hydroxylation sites is 1. The molecule has 0 bridgehead atoms. The minimum absolute atomic E-state index is 0.185. The Balaban J connectivity index is 1.77. The van der Waals surface area contributed by atoms with Crippen molar-refractivity contribution < 1.29 is 13.5 Å². The Morgan fingerprint density at radius 1 is 0.913 bits per heavy atom. The van der Waals surface area contributed by atoms with Gasteiger partial charge in [0.2, 0.25) is 0 Å². The highest BCUT2D eigenvalue weighted by molar-refractivity contribution is 5.56. The fourth-order valence-electron chi connectivity index (χ4n) is 1.82. The second-order valence-electron chi connectivity index (χ2n) is 4.86. The van der Waals surface area contributed by atoms with Crippen LogP contribution in [0.2, 0.25) is 0 Å². The lowest BCUT2D eigenvalue weighted by Crippen LogP contribution is -2.10. The maximum absolute atomic E-state index is 13.1. The summed E-state index contributed by atoms with van der Waals surface area (Å²) in [6.07, 6.45) is 3.00. The second-order valence-corrected chi connectivity index (χ2v) is 4.86. The molecule has 0 atom stereocenters. The lowest BCUT2D eigenvalue weighted by Gasteiger charge is -2.08. The Labute approximate surface area is 131 Å². The summed E-state index contributed by atoms with van der Waals surface area (Å²) in [5.74, 6) is -2.40. The number of alkyl halides is 2. The summed E-state index contributed by atoms with van der Waals surface area (Å²) in [6, 6.07) is 12.0. The topological polar surface area (TPSA) is 60.8 Å². The highest BCUT2D eigenvalue weighted by atomic mass is 19.3. The minimum atomic E-state index is -3.02. The summed E-state index contributed by atoms with van der Waals surface area (Å²) in [5, 5.41) is 7.31. The molecule has 116 valence electrons. The van der Waals surface area contributed by atoms with Crippen LogP contribution in [-0.4, -0.2) is 20.2 Å². The number of benzene rings is 1. The predicted molar refractivity (Wildman–Crippen MR) is 79.1 cm³/mol. The van der Waals surface area contributed by atoms with Crippen molar-refractivity contribution in [1.82, 2.24) is 20.2 Å². The van der Waals surface area contributed by atoms with Gasteiger partial charge in [-0.3, -0.25) is 0 Å². The van der Waals surface area contributed by atoms with Crippen molar-refractivity contribution in [2.24, 2.45) is 0 Å². The molecule has 2 aromatic heterocycles. The predicted octanol–water partition coefficient (Wildman–Crippen LogP) is 3.84. The van der Waals surface area contributed by atoms with E-state index in [1.807, 2.05) is 18.2 Å². The summed E-state index contributed by atoms with van der Waals surface area (Å²) < 4.78 is 31.7. The number of halogens is 2. The van der Waals surface area contributed by atoms with Crippen molar-refractivity contribution in [2.45, 2.75) is 12.8 Å². The molecular weight excluding hydrogens is 302 g/mol.